The van der Waals surface area contributed by atoms with Crippen molar-refractivity contribution in [3.63, 3.8) is 0 Å². The van der Waals surface area contributed by atoms with Crippen LogP contribution in [0.25, 0.3) is 11.3 Å². The van der Waals surface area contributed by atoms with Crippen LogP contribution in [0, 0.1) is 0 Å². The molecule has 0 spiro atoms. The van der Waals surface area contributed by atoms with Crippen LogP contribution in [0.1, 0.15) is 0 Å². The minimum Gasteiger partial charge on any atom is -0.507 e. The maximum Gasteiger partial charge on any atom is 0.175 e. The van der Waals surface area contributed by atoms with E-state index in [9.17, 15) is 13.5 Å². The van der Waals surface area contributed by atoms with Gasteiger partial charge in [-0.2, -0.15) is 0 Å². The van der Waals surface area contributed by atoms with Crippen LogP contribution in [0.5, 0.6) is 5.75 Å². The molecule has 0 amide bonds. The molecule has 1 aromatic carbocycles. The Kier molecular flexibility index (Phi) is 2.55. The Morgan fingerprint density at radius 2 is 2.06 bits per heavy atom. The first-order valence-corrected chi connectivity index (χ1v) is 6.53. The zero-order chi connectivity index (χ0) is 12.6. The minimum atomic E-state index is -3.35. The zero-order valence-corrected chi connectivity index (χ0v) is 9.73. The molecule has 2 rings (SSSR count). The Morgan fingerprint density at radius 3 is 2.53 bits per heavy atom. The van der Waals surface area contributed by atoms with Crippen molar-refractivity contribution in [2.75, 3.05) is 12.0 Å². The first-order valence-electron chi connectivity index (χ1n) is 4.63. The third-order valence-corrected chi connectivity index (χ3v) is 3.30. The molecule has 17 heavy (non-hydrogen) atoms. The summed E-state index contributed by atoms with van der Waals surface area (Å²) in [5.74, 6) is 0.260. The van der Waals surface area contributed by atoms with Crippen LogP contribution < -0.4 is 5.73 Å². The van der Waals surface area contributed by atoms with Crippen LogP contribution >= 0.6 is 0 Å². The van der Waals surface area contributed by atoms with E-state index in [1.807, 2.05) is 0 Å². The second-order valence-corrected chi connectivity index (χ2v) is 5.58. The first-order chi connectivity index (χ1) is 7.88. The van der Waals surface area contributed by atoms with Gasteiger partial charge in [-0.25, -0.2) is 8.42 Å². The number of rotatable bonds is 2. The Bertz CT molecular complexity index is 661. The molecule has 1 aromatic heterocycles. The maximum atomic E-state index is 11.3. The zero-order valence-electron chi connectivity index (χ0n) is 8.91. The number of aromatic nitrogens is 1. The van der Waals surface area contributed by atoms with Gasteiger partial charge < -0.3 is 15.4 Å². The van der Waals surface area contributed by atoms with Crippen LogP contribution in [-0.2, 0) is 9.84 Å². The third-order valence-electron chi connectivity index (χ3n) is 2.19. The van der Waals surface area contributed by atoms with E-state index in [0.717, 1.165) is 12.3 Å². The Labute approximate surface area is 97.6 Å². The monoisotopic (exact) mass is 254 g/mol. The van der Waals surface area contributed by atoms with Crippen LogP contribution in [0.15, 0.2) is 33.7 Å². The van der Waals surface area contributed by atoms with Crippen LogP contribution in [-0.4, -0.2) is 24.9 Å². The molecule has 1 heterocycles. The van der Waals surface area contributed by atoms with Crippen LogP contribution in [0.2, 0.25) is 0 Å². The largest absolute Gasteiger partial charge is 0.507 e. The van der Waals surface area contributed by atoms with Gasteiger partial charge in [-0.15, -0.1) is 0 Å². The fraction of sp³-hybridized carbons (Fsp3) is 0.100. The lowest BCUT2D eigenvalue weighted by Gasteiger charge is -2.03. The summed E-state index contributed by atoms with van der Waals surface area (Å²) in [5, 5.41) is 13.2. The maximum absolute atomic E-state index is 11.3. The van der Waals surface area contributed by atoms with Crippen molar-refractivity contribution in [3.05, 3.63) is 24.3 Å². The number of sulfone groups is 1. The number of nitrogen functional groups attached to an aromatic ring is 1. The lowest BCUT2D eigenvalue weighted by Crippen LogP contribution is -1.96. The molecule has 7 heteroatoms. The van der Waals surface area contributed by atoms with Crippen molar-refractivity contribution in [2.24, 2.45) is 0 Å². The average molecular weight is 254 g/mol. The van der Waals surface area contributed by atoms with Crippen LogP contribution in [0.4, 0.5) is 5.82 Å². The Balaban J connectivity index is 2.53. The van der Waals surface area contributed by atoms with Gasteiger partial charge in [0.25, 0.3) is 0 Å². The summed E-state index contributed by atoms with van der Waals surface area (Å²) >= 11 is 0. The summed E-state index contributed by atoms with van der Waals surface area (Å²) in [4.78, 5) is 0.0336. The normalized spacial score (nSPS) is 11.6. The van der Waals surface area contributed by atoms with Gasteiger partial charge in [0.05, 0.1) is 10.5 Å². The quantitative estimate of drug-likeness (QED) is 0.829. The highest BCUT2D eigenvalue weighted by Gasteiger charge is 2.14. The molecule has 0 bridgehead atoms. The van der Waals surface area contributed by atoms with Gasteiger partial charge in [-0.05, 0) is 18.2 Å². The molecule has 0 atom stereocenters. The minimum absolute atomic E-state index is 0.0336. The highest BCUT2D eigenvalue weighted by molar-refractivity contribution is 7.90. The van der Waals surface area contributed by atoms with Gasteiger partial charge in [-0.1, -0.05) is 5.16 Å². The smallest absolute Gasteiger partial charge is 0.175 e. The number of phenols is 1. The molecule has 0 radical (unpaired) electrons. The molecule has 0 aliphatic carbocycles. The van der Waals surface area contributed by atoms with Gasteiger partial charge in [0, 0.05) is 12.3 Å². The van der Waals surface area contributed by atoms with Crippen LogP contribution in [0.3, 0.4) is 0 Å². The van der Waals surface area contributed by atoms with Gasteiger partial charge in [0.15, 0.2) is 21.4 Å². The van der Waals surface area contributed by atoms with E-state index in [1.54, 1.807) is 0 Å². The molecule has 0 aliphatic heterocycles. The topological polar surface area (TPSA) is 106 Å². The van der Waals surface area contributed by atoms with E-state index in [0.29, 0.717) is 5.56 Å². The summed E-state index contributed by atoms with van der Waals surface area (Å²) in [7, 11) is -3.35. The van der Waals surface area contributed by atoms with E-state index in [4.69, 9.17) is 10.3 Å². The molecule has 90 valence electrons. The van der Waals surface area contributed by atoms with Crippen molar-refractivity contribution >= 4 is 15.7 Å². The summed E-state index contributed by atoms with van der Waals surface area (Å²) in [6, 6.07) is 5.41. The molecule has 6 nitrogen and oxygen atoms in total. The number of nitrogens with two attached hydrogens (primary N) is 1. The van der Waals surface area contributed by atoms with E-state index in [-0.39, 0.29) is 22.2 Å². The first kappa shape index (κ1) is 11.5. The average Bonchev–Trinajstić information content (AvgIpc) is 2.63. The number of aromatic hydroxyl groups is 1. The molecule has 0 saturated carbocycles. The van der Waals surface area contributed by atoms with E-state index in [2.05, 4.69) is 5.16 Å². The number of hydrogen-bond donors (Lipinski definition) is 2. The van der Waals surface area contributed by atoms with E-state index < -0.39 is 9.84 Å². The van der Waals surface area contributed by atoms with Gasteiger partial charge in [0.2, 0.25) is 0 Å². The lowest BCUT2D eigenvalue weighted by atomic mass is 10.1. The van der Waals surface area contributed by atoms with Gasteiger partial charge in [-0.3, -0.25) is 0 Å². The molecular weight excluding hydrogens is 244 g/mol. The van der Waals surface area contributed by atoms with Gasteiger partial charge in [0.1, 0.15) is 5.75 Å². The fourth-order valence-electron chi connectivity index (χ4n) is 1.37. The van der Waals surface area contributed by atoms with Crippen molar-refractivity contribution in [1.82, 2.24) is 5.16 Å². The predicted molar refractivity (Wildman–Crippen MR) is 61.1 cm³/mol. The highest BCUT2D eigenvalue weighted by Crippen LogP contribution is 2.31. The summed E-state index contributed by atoms with van der Waals surface area (Å²) in [6.45, 7) is 0. The fourth-order valence-corrected chi connectivity index (χ4v) is 2.01. The molecule has 2 aromatic rings. The highest BCUT2D eigenvalue weighted by atomic mass is 32.2. The second kappa shape index (κ2) is 3.77. The Morgan fingerprint density at radius 1 is 1.35 bits per heavy atom. The molecular formula is C10H10N2O4S. The second-order valence-electron chi connectivity index (χ2n) is 3.57. The van der Waals surface area contributed by atoms with Crippen molar-refractivity contribution in [1.29, 1.82) is 0 Å². The molecule has 0 fully saturated rings. The number of hydrogen-bond acceptors (Lipinski definition) is 6. The van der Waals surface area contributed by atoms with Crippen molar-refractivity contribution < 1.29 is 18.0 Å². The summed E-state index contributed by atoms with van der Waals surface area (Å²) in [6.07, 6.45) is 1.06. The summed E-state index contributed by atoms with van der Waals surface area (Å²) in [5.41, 5.74) is 5.72. The number of benzene rings is 1. The molecule has 3 N–H and O–H groups in total. The Hall–Kier alpha value is -2.02. The number of nitrogens with zero attached hydrogens (tertiary/aromatic N) is 1. The van der Waals surface area contributed by atoms with Gasteiger partial charge >= 0.3 is 0 Å². The molecule has 0 aliphatic rings. The lowest BCUT2D eigenvalue weighted by molar-refractivity contribution is 0.429. The van der Waals surface area contributed by atoms with E-state index in [1.165, 1.54) is 18.2 Å². The predicted octanol–water partition coefficient (Wildman–Crippen LogP) is 1.03. The molecule has 0 unspecified atom stereocenters. The van der Waals surface area contributed by atoms with Crippen molar-refractivity contribution in [3.8, 4) is 17.1 Å². The van der Waals surface area contributed by atoms with E-state index >= 15 is 0 Å². The molecule has 0 saturated heterocycles. The van der Waals surface area contributed by atoms with Crippen molar-refractivity contribution in [2.45, 2.75) is 4.90 Å². The third kappa shape index (κ3) is 2.23. The summed E-state index contributed by atoms with van der Waals surface area (Å²) < 4.78 is 27.4. The number of anilines is 1. The SMILES string of the molecule is CS(=O)(=O)c1ccc(-c2cc(N)no2)c(O)c1. The standard InChI is InChI=1S/C10H10N2O4S/c1-17(14,15)6-2-3-7(8(13)4-6)9-5-10(11)12-16-9/h2-5,13H,1H3,(H2,11,12). The number of phenolic OH excluding ortho intramolecular Hbond substituents is 1.